The summed E-state index contributed by atoms with van der Waals surface area (Å²) in [5, 5.41) is 0. The Labute approximate surface area is 102 Å². The quantitative estimate of drug-likeness (QED) is 0.846. The second-order valence-corrected chi connectivity index (χ2v) is 4.70. The van der Waals surface area contributed by atoms with Crippen molar-refractivity contribution in [3.8, 4) is 11.3 Å². The lowest BCUT2D eigenvalue weighted by Gasteiger charge is -2.25. The number of rotatable bonds is 2. The minimum absolute atomic E-state index is 0.689. The maximum Gasteiger partial charge on any atom is 0.0931 e. The van der Waals surface area contributed by atoms with Crippen LogP contribution in [0.15, 0.2) is 42.6 Å². The van der Waals surface area contributed by atoms with Crippen molar-refractivity contribution in [2.75, 3.05) is 5.73 Å². The molecular weight excluding hydrogens is 208 g/mol. The van der Waals surface area contributed by atoms with Crippen LogP contribution in [-0.2, 0) is 0 Å². The van der Waals surface area contributed by atoms with Gasteiger partial charge in [-0.3, -0.25) is 4.98 Å². The zero-order chi connectivity index (χ0) is 11.7. The van der Waals surface area contributed by atoms with Gasteiger partial charge in [-0.05, 0) is 30.4 Å². The fourth-order valence-electron chi connectivity index (χ4n) is 2.30. The normalized spacial score (nSPS) is 15.5. The Balaban J connectivity index is 1.96. The molecule has 1 aromatic carbocycles. The van der Waals surface area contributed by atoms with Crippen molar-refractivity contribution in [2.24, 2.45) is 0 Å². The fourth-order valence-corrected chi connectivity index (χ4v) is 2.30. The molecule has 0 unspecified atom stereocenters. The van der Waals surface area contributed by atoms with Crippen LogP contribution in [0.25, 0.3) is 11.3 Å². The molecule has 2 heteroatoms. The summed E-state index contributed by atoms with van der Waals surface area (Å²) in [5.41, 5.74) is 10.2. The Bertz CT molecular complexity index is 516. The third-order valence-corrected chi connectivity index (χ3v) is 3.56. The number of nitrogens with two attached hydrogens (primary N) is 1. The van der Waals surface area contributed by atoms with Crippen LogP contribution in [-0.4, -0.2) is 4.98 Å². The van der Waals surface area contributed by atoms with Crippen molar-refractivity contribution in [2.45, 2.75) is 25.2 Å². The van der Waals surface area contributed by atoms with E-state index in [-0.39, 0.29) is 0 Å². The lowest BCUT2D eigenvalue weighted by Crippen LogP contribution is -2.09. The molecule has 1 aromatic heterocycles. The summed E-state index contributed by atoms with van der Waals surface area (Å²) in [4.78, 5) is 4.53. The van der Waals surface area contributed by atoms with E-state index >= 15 is 0 Å². The van der Waals surface area contributed by atoms with Crippen molar-refractivity contribution in [3.05, 3.63) is 48.2 Å². The molecule has 0 aliphatic heterocycles. The molecule has 0 radical (unpaired) electrons. The van der Waals surface area contributed by atoms with Crippen LogP contribution < -0.4 is 5.73 Å². The average Bonchev–Trinajstić information content (AvgIpc) is 2.28. The Kier molecular flexibility index (Phi) is 2.56. The first kappa shape index (κ1) is 10.3. The summed E-state index contributed by atoms with van der Waals surface area (Å²) in [5.74, 6) is 0.689. The smallest absolute Gasteiger partial charge is 0.0931 e. The molecule has 0 spiro atoms. The first-order valence-electron chi connectivity index (χ1n) is 6.15. The molecule has 1 aliphatic rings. The summed E-state index contributed by atoms with van der Waals surface area (Å²) in [7, 11) is 0. The Morgan fingerprint density at radius 2 is 1.88 bits per heavy atom. The van der Waals surface area contributed by atoms with E-state index in [0.717, 1.165) is 16.9 Å². The van der Waals surface area contributed by atoms with Crippen molar-refractivity contribution >= 4 is 5.69 Å². The average molecular weight is 224 g/mol. The maximum absolute atomic E-state index is 6.11. The van der Waals surface area contributed by atoms with E-state index < -0.39 is 0 Å². The molecule has 1 fully saturated rings. The number of nitrogens with zero attached hydrogens (tertiary/aromatic N) is 1. The topological polar surface area (TPSA) is 38.9 Å². The Morgan fingerprint density at radius 3 is 2.47 bits per heavy atom. The van der Waals surface area contributed by atoms with Gasteiger partial charge in [-0.2, -0.15) is 0 Å². The van der Waals surface area contributed by atoms with E-state index in [1.54, 1.807) is 0 Å². The molecule has 86 valence electrons. The molecule has 3 rings (SSSR count). The highest BCUT2D eigenvalue weighted by Crippen LogP contribution is 2.37. The molecule has 2 nitrogen and oxygen atoms in total. The molecule has 1 heterocycles. The van der Waals surface area contributed by atoms with Crippen molar-refractivity contribution < 1.29 is 0 Å². The van der Waals surface area contributed by atoms with Gasteiger partial charge in [-0.25, -0.2) is 0 Å². The third-order valence-electron chi connectivity index (χ3n) is 3.56. The number of anilines is 1. The van der Waals surface area contributed by atoms with E-state index in [1.165, 1.54) is 24.8 Å². The molecule has 1 aliphatic carbocycles. The lowest BCUT2D eigenvalue weighted by atomic mass is 9.80. The number of aromatic nitrogens is 1. The molecule has 0 atom stereocenters. The van der Waals surface area contributed by atoms with E-state index in [9.17, 15) is 0 Å². The number of nitrogen functional groups attached to an aromatic ring is 1. The van der Waals surface area contributed by atoms with E-state index in [0.29, 0.717) is 5.92 Å². The van der Waals surface area contributed by atoms with Gasteiger partial charge < -0.3 is 5.73 Å². The second kappa shape index (κ2) is 4.21. The minimum Gasteiger partial charge on any atom is -0.397 e. The van der Waals surface area contributed by atoms with Crippen LogP contribution in [0.5, 0.6) is 0 Å². The van der Waals surface area contributed by atoms with E-state index in [4.69, 9.17) is 5.73 Å². The fraction of sp³-hybridized carbons (Fsp3) is 0.267. The maximum atomic E-state index is 6.11. The Hall–Kier alpha value is -1.83. The molecule has 17 heavy (non-hydrogen) atoms. The number of benzene rings is 1. The summed E-state index contributed by atoms with van der Waals surface area (Å²) < 4.78 is 0. The molecule has 0 bridgehead atoms. The molecule has 0 saturated heterocycles. The van der Waals surface area contributed by atoms with Crippen molar-refractivity contribution in [1.29, 1.82) is 0 Å². The van der Waals surface area contributed by atoms with Crippen molar-refractivity contribution in [1.82, 2.24) is 4.98 Å². The largest absolute Gasteiger partial charge is 0.397 e. The van der Waals surface area contributed by atoms with Gasteiger partial charge in [0.05, 0.1) is 11.4 Å². The summed E-state index contributed by atoms with van der Waals surface area (Å²) >= 11 is 0. The minimum atomic E-state index is 0.689. The van der Waals surface area contributed by atoms with Crippen molar-refractivity contribution in [3.63, 3.8) is 0 Å². The van der Waals surface area contributed by atoms with Gasteiger partial charge in [0.1, 0.15) is 0 Å². The molecule has 1 saturated carbocycles. The van der Waals surface area contributed by atoms with Gasteiger partial charge in [0.15, 0.2) is 0 Å². The molecule has 2 aromatic rings. The molecule has 2 N–H and O–H groups in total. The van der Waals surface area contributed by atoms with Crippen LogP contribution in [0.4, 0.5) is 5.69 Å². The van der Waals surface area contributed by atoms with Gasteiger partial charge in [-0.1, -0.05) is 36.8 Å². The summed E-state index contributed by atoms with van der Waals surface area (Å²) in [6.45, 7) is 0. The van der Waals surface area contributed by atoms with Crippen LogP contribution >= 0.6 is 0 Å². The monoisotopic (exact) mass is 224 g/mol. The van der Waals surface area contributed by atoms with Crippen LogP contribution in [0.2, 0.25) is 0 Å². The van der Waals surface area contributed by atoms with Gasteiger partial charge in [0, 0.05) is 11.8 Å². The highest BCUT2D eigenvalue weighted by molar-refractivity contribution is 5.72. The summed E-state index contributed by atoms with van der Waals surface area (Å²) in [6, 6.07) is 12.2. The van der Waals surface area contributed by atoms with Gasteiger partial charge in [0.2, 0.25) is 0 Å². The predicted molar refractivity (Wildman–Crippen MR) is 70.7 cm³/mol. The second-order valence-electron chi connectivity index (χ2n) is 4.70. The zero-order valence-electron chi connectivity index (χ0n) is 9.76. The highest BCUT2D eigenvalue weighted by Gasteiger charge is 2.20. The highest BCUT2D eigenvalue weighted by atomic mass is 14.7. The lowest BCUT2D eigenvalue weighted by molar-refractivity contribution is 0.419. The summed E-state index contributed by atoms with van der Waals surface area (Å²) in [6.07, 6.45) is 5.89. The van der Waals surface area contributed by atoms with E-state index in [2.05, 4.69) is 11.1 Å². The SMILES string of the molecule is Nc1cc(C2CCC2)cnc1-c1ccccc1. The Morgan fingerprint density at radius 1 is 1.12 bits per heavy atom. The van der Waals surface area contributed by atoms with Crippen LogP contribution in [0.3, 0.4) is 0 Å². The first-order chi connectivity index (χ1) is 8.34. The van der Waals surface area contributed by atoms with Crippen LogP contribution in [0.1, 0.15) is 30.7 Å². The van der Waals surface area contributed by atoms with Crippen LogP contribution in [0, 0.1) is 0 Å². The zero-order valence-corrected chi connectivity index (χ0v) is 9.76. The number of pyridine rings is 1. The van der Waals surface area contributed by atoms with E-state index in [1.807, 2.05) is 36.5 Å². The van der Waals surface area contributed by atoms with Gasteiger partial charge in [0.25, 0.3) is 0 Å². The van der Waals surface area contributed by atoms with Gasteiger partial charge >= 0.3 is 0 Å². The predicted octanol–water partition coefficient (Wildman–Crippen LogP) is 3.60. The number of hydrogen-bond acceptors (Lipinski definition) is 2. The molecular formula is C15H16N2. The van der Waals surface area contributed by atoms with Gasteiger partial charge in [-0.15, -0.1) is 0 Å². The standard InChI is InChI=1S/C15H16N2/c16-14-9-13(11-7-4-8-11)10-17-15(14)12-5-2-1-3-6-12/h1-3,5-6,9-11H,4,7-8,16H2. The number of hydrogen-bond donors (Lipinski definition) is 1. The molecule has 0 amide bonds. The first-order valence-corrected chi connectivity index (χ1v) is 6.15. The third kappa shape index (κ3) is 1.91.